The molecule has 0 atom stereocenters. The molecule has 0 saturated carbocycles. The lowest BCUT2D eigenvalue weighted by molar-refractivity contribution is -0.466. The fraction of sp³-hybridized carbons (Fsp3) is 0.250. The molecule has 0 amide bonds. The number of carbonyl (C=O) groups is 1. The molecule has 0 aromatic heterocycles. The maximum Gasteiger partial charge on any atom is 0.265 e. The Bertz CT molecular complexity index is 129. The molecule has 4 heteroatoms. The highest BCUT2D eigenvalue weighted by molar-refractivity contribution is 5.89. The fourth-order valence-corrected chi connectivity index (χ4v) is 0.192. The van der Waals surface area contributed by atoms with Gasteiger partial charge >= 0.3 is 0 Å². The smallest absolute Gasteiger partial charge is 0.265 e. The van der Waals surface area contributed by atoms with Crippen molar-refractivity contribution in [3.63, 3.8) is 0 Å². The summed E-state index contributed by atoms with van der Waals surface area (Å²) in [6, 6.07) is 0. The second-order valence-corrected chi connectivity index (χ2v) is 1.16. The van der Waals surface area contributed by atoms with Crippen molar-refractivity contribution in [2.45, 2.75) is 0 Å². The fourth-order valence-electron chi connectivity index (χ4n) is 0.192. The number of hydrogen-bond acceptors (Lipinski definition) is 3. The molecule has 0 fully saturated rings. The van der Waals surface area contributed by atoms with Crippen LogP contribution in [0.3, 0.4) is 0 Å². The van der Waals surface area contributed by atoms with E-state index in [0.717, 1.165) is 6.08 Å². The molecule has 0 radical (unpaired) electrons. The van der Waals surface area contributed by atoms with E-state index in [-0.39, 0.29) is 0 Å². The molecule has 0 bridgehead atoms. The van der Waals surface area contributed by atoms with Crippen LogP contribution in [0.1, 0.15) is 0 Å². The molecule has 0 saturated heterocycles. The lowest BCUT2D eigenvalue weighted by Crippen LogP contribution is -2.09. The van der Waals surface area contributed by atoms with Crippen molar-refractivity contribution in [2.75, 3.05) is 6.54 Å². The molecule has 0 spiro atoms. The van der Waals surface area contributed by atoms with E-state index in [9.17, 15) is 14.9 Å². The van der Waals surface area contributed by atoms with Crippen LogP contribution >= 0.6 is 0 Å². The summed E-state index contributed by atoms with van der Waals surface area (Å²) in [5.74, 6) is -0.560. The second-order valence-electron chi connectivity index (χ2n) is 1.16. The molecular weight excluding hydrogens is 110 g/mol. The largest absolute Gasteiger partial charge is 0.287 e. The lowest BCUT2D eigenvalue weighted by atomic mass is 10.4. The standard InChI is InChI=1S/C4H5NO3/c1-2-4(6)3-5(7)8/h2H,1,3H2. The Morgan fingerprint density at radius 2 is 2.38 bits per heavy atom. The van der Waals surface area contributed by atoms with Gasteiger partial charge in [-0.15, -0.1) is 0 Å². The zero-order chi connectivity index (χ0) is 6.57. The Morgan fingerprint density at radius 1 is 1.88 bits per heavy atom. The minimum atomic E-state index is -0.690. The summed E-state index contributed by atoms with van der Waals surface area (Å²) in [5, 5.41) is 9.51. The molecule has 0 aliphatic rings. The quantitative estimate of drug-likeness (QED) is 0.296. The van der Waals surface area contributed by atoms with E-state index in [1.54, 1.807) is 0 Å². The Hall–Kier alpha value is -1.19. The summed E-state index contributed by atoms with van der Waals surface area (Å²) >= 11 is 0. The lowest BCUT2D eigenvalue weighted by Gasteiger charge is -1.82. The van der Waals surface area contributed by atoms with Crippen LogP contribution in [0.5, 0.6) is 0 Å². The topological polar surface area (TPSA) is 60.2 Å². The second kappa shape index (κ2) is 2.90. The maximum atomic E-state index is 10.1. The predicted molar refractivity (Wildman–Crippen MR) is 27.1 cm³/mol. The number of rotatable bonds is 3. The molecule has 0 aromatic carbocycles. The van der Waals surface area contributed by atoms with Crippen LogP contribution in [0.4, 0.5) is 0 Å². The van der Waals surface area contributed by atoms with E-state index < -0.39 is 17.3 Å². The van der Waals surface area contributed by atoms with Gasteiger partial charge in [0.2, 0.25) is 5.78 Å². The molecular formula is C4H5NO3. The Kier molecular flexibility index (Phi) is 2.47. The van der Waals surface area contributed by atoms with Crippen LogP contribution < -0.4 is 0 Å². The van der Waals surface area contributed by atoms with Crippen LogP contribution in [0.2, 0.25) is 0 Å². The summed E-state index contributed by atoms with van der Waals surface area (Å²) in [4.78, 5) is 18.9. The van der Waals surface area contributed by atoms with Gasteiger partial charge in [0.15, 0.2) is 0 Å². The van der Waals surface area contributed by atoms with Crippen molar-refractivity contribution in [3.8, 4) is 0 Å². The molecule has 0 heterocycles. The minimum absolute atomic E-state index is 0.560. The van der Waals surface area contributed by atoms with Crippen molar-refractivity contribution in [1.29, 1.82) is 0 Å². The highest BCUT2D eigenvalue weighted by Crippen LogP contribution is 1.73. The van der Waals surface area contributed by atoms with E-state index >= 15 is 0 Å². The molecule has 0 N–H and O–H groups in total. The van der Waals surface area contributed by atoms with Crippen LogP contribution in [0.25, 0.3) is 0 Å². The average molecular weight is 115 g/mol. The van der Waals surface area contributed by atoms with Gasteiger partial charge in [0.05, 0.1) is 0 Å². The van der Waals surface area contributed by atoms with Crippen LogP contribution in [0.15, 0.2) is 12.7 Å². The molecule has 8 heavy (non-hydrogen) atoms. The van der Waals surface area contributed by atoms with Crippen molar-refractivity contribution >= 4 is 5.78 Å². The summed E-state index contributed by atoms with van der Waals surface area (Å²) in [7, 11) is 0. The van der Waals surface area contributed by atoms with Gasteiger partial charge in [-0.25, -0.2) is 0 Å². The van der Waals surface area contributed by atoms with Gasteiger partial charge < -0.3 is 0 Å². The monoisotopic (exact) mass is 115 g/mol. The van der Waals surface area contributed by atoms with Gasteiger partial charge in [-0.2, -0.15) is 0 Å². The van der Waals surface area contributed by atoms with Crippen LogP contribution in [-0.4, -0.2) is 17.3 Å². The summed E-state index contributed by atoms with van der Waals surface area (Å²) in [5.41, 5.74) is 0. The van der Waals surface area contributed by atoms with E-state index in [4.69, 9.17) is 0 Å². The Balaban J connectivity index is 3.55. The summed E-state index contributed by atoms with van der Waals surface area (Å²) in [6.07, 6.45) is 0.933. The van der Waals surface area contributed by atoms with E-state index in [2.05, 4.69) is 6.58 Å². The van der Waals surface area contributed by atoms with Gasteiger partial charge in [-0.3, -0.25) is 14.9 Å². The van der Waals surface area contributed by atoms with Gasteiger partial charge in [-0.05, 0) is 6.08 Å². The third-order valence-electron chi connectivity index (χ3n) is 0.513. The molecule has 0 unspecified atom stereocenters. The molecule has 0 rings (SSSR count). The molecule has 0 aliphatic heterocycles. The molecule has 4 nitrogen and oxygen atoms in total. The zero-order valence-electron chi connectivity index (χ0n) is 4.16. The van der Waals surface area contributed by atoms with E-state index in [1.807, 2.05) is 0 Å². The number of hydrogen-bond donors (Lipinski definition) is 0. The number of nitro groups is 1. The first-order valence-electron chi connectivity index (χ1n) is 1.94. The summed E-state index contributed by atoms with van der Waals surface area (Å²) < 4.78 is 0. The van der Waals surface area contributed by atoms with Crippen molar-refractivity contribution < 1.29 is 9.72 Å². The first-order chi connectivity index (χ1) is 3.66. The van der Waals surface area contributed by atoms with E-state index in [1.165, 1.54) is 0 Å². The Morgan fingerprint density at radius 3 is 2.50 bits per heavy atom. The highest BCUT2D eigenvalue weighted by atomic mass is 16.6. The first kappa shape index (κ1) is 6.81. The number of nitrogens with zero attached hydrogens (tertiary/aromatic N) is 1. The van der Waals surface area contributed by atoms with Gasteiger partial charge in [-0.1, -0.05) is 6.58 Å². The zero-order valence-corrected chi connectivity index (χ0v) is 4.16. The van der Waals surface area contributed by atoms with Gasteiger partial charge in [0.25, 0.3) is 6.54 Å². The van der Waals surface area contributed by atoms with Crippen molar-refractivity contribution in [3.05, 3.63) is 22.8 Å². The molecule has 0 aromatic rings. The van der Waals surface area contributed by atoms with Gasteiger partial charge in [0, 0.05) is 4.92 Å². The van der Waals surface area contributed by atoms with E-state index in [0.29, 0.717) is 0 Å². The number of ketones is 1. The normalized spacial score (nSPS) is 8.00. The maximum absolute atomic E-state index is 10.1. The summed E-state index contributed by atoms with van der Waals surface area (Å²) in [6.45, 7) is 2.41. The highest BCUT2D eigenvalue weighted by Gasteiger charge is 2.01. The molecule has 44 valence electrons. The van der Waals surface area contributed by atoms with Crippen LogP contribution in [0, 0.1) is 10.1 Å². The van der Waals surface area contributed by atoms with Crippen molar-refractivity contribution in [2.24, 2.45) is 0 Å². The molecule has 0 aliphatic carbocycles. The predicted octanol–water partition coefficient (Wildman–Crippen LogP) is 0.0182. The first-order valence-corrected chi connectivity index (χ1v) is 1.94. The third-order valence-corrected chi connectivity index (χ3v) is 0.513. The minimum Gasteiger partial charge on any atom is -0.287 e. The number of carbonyl (C=O) groups excluding carboxylic acids is 1. The average Bonchev–Trinajstić information content (AvgIpc) is 1.65. The third kappa shape index (κ3) is 3.02. The Labute approximate surface area is 46.0 Å². The SMILES string of the molecule is C=CC(=O)C[N+](=O)[O-]. The van der Waals surface area contributed by atoms with Gasteiger partial charge in [0.1, 0.15) is 0 Å². The van der Waals surface area contributed by atoms with Crippen LogP contribution in [-0.2, 0) is 4.79 Å². The van der Waals surface area contributed by atoms with Crippen molar-refractivity contribution in [1.82, 2.24) is 0 Å².